The van der Waals surface area contributed by atoms with Gasteiger partial charge in [0, 0.05) is 11.1 Å². The van der Waals surface area contributed by atoms with E-state index < -0.39 is 5.97 Å². The molecule has 0 fully saturated rings. The fourth-order valence-electron chi connectivity index (χ4n) is 1.22. The summed E-state index contributed by atoms with van der Waals surface area (Å²) in [7, 11) is 1.28. The Morgan fingerprint density at radius 3 is 2.89 bits per heavy atom. The summed E-state index contributed by atoms with van der Waals surface area (Å²) in [5, 5.41) is 4.70. The monoisotopic (exact) mass is 266 g/mol. The van der Waals surface area contributed by atoms with Crippen LogP contribution in [0.4, 0.5) is 5.82 Å². The summed E-state index contributed by atoms with van der Waals surface area (Å²) in [5.41, 5.74) is 0.913. The van der Waals surface area contributed by atoms with E-state index >= 15 is 0 Å². The smallest absolute Gasteiger partial charge is 0.358 e. The van der Waals surface area contributed by atoms with E-state index in [1.165, 1.54) is 19.5 Å². The third-order valence-corrected chi connectivity index (χ3v) is 2.80. The molecule has 0 saturated heterocycles. The number of nitrogens with zero attached hydrogens (tertiary/aromatic N) is 2. The number of hydrogen-bond donors (Lipinski definition) is 2. The first-order chi connectivity index (χ1) is 8.69. The van der Waals surface area contributed by atoms with Gasteiger partial charge >= 0.3 is 10.8 Å². The molecule has 0 aromatic carbocycles. The van der Waals surface area contributed by atoms with Crippen molar-refractivity contribution < 1.29 is 9.53 Å². The maximum atomic E-state index is 11.1. The van der Waals surface area contributed by atoms with Crippen molar-refractivity contribution in [2.24, 2.45) is 0 Å². The van der Waals surface area contributed by atoms with E-state index in [1.807, 2.05) is 0 Å². The Morgan fingerprint density at radius 2 is 2.33 bits per heavy atom. The summed E-state index contributed by atoms with van der Waals surface area (Å²) in [6, 6.07) is 0. The molecule has 18 heavy (non-hydrogen) atoms. The van der Waals surface area contributed by atoms with Gasteiger partial charge < -0.3 is 15.0 Å². The van der Waals surface area contributed by atoms with Gasteiger partial charge in [-0.05, 0) is 0 Å². The largest absolute Gasteiger partial charge is 0.464 e. The number of rotatable bonds is 4. The molecule has 2 N–H and O–H groups in total. The number of anilines is 1. The highest BCUT2D eigenvalue weighted by Crippen LogP contribution is 2.04. The highest BCUT2D eigenvalue weighted by Gasteiger charge is 2.07. The molecular weight excluding hydrogens is 256 g/mol. The number of esters is 1. The average molecular weight is 266 g/mol. The molecular formula is C10H10N4O3S. The van der Waals surface area contributed by atoms with E-state index in [0.717, 1.165) is 17.0 Å². The van der Waals surface area contributed by atoms with Crippen LogP contribution in [-0.2, 0) is 11.3 Å². The Balaban J connectivity index is 1.98. The van der Waals surface area contributed by atoms with Crippen LogP contribution in [0.1, 0.15) is 16.2 Å². The predicted octanol–water partition coefficient (Wildman–Crippen LogP) is 0.625. The molecule has 7 nitrogen and oxygen atoms in total. The number of thiazole rings is 1. The molecule has 0 amide bonds. The topological polar surface area (TPSA) is 97.0 Å². The normalized spacial score (nSPS) is 10.1. The third-order valence-electron chi connectivity index (χ3n) is 2.08. The average Bonchev–Trinajstić information content (AvgIpc) is 2.82. The van der Waals surface area contributed by atoms with Crippen molar-refractivity contribution >= 4 is 23.1 Å². The molecule has 0 atom stereocenters. The zero-order chi connectivity index (χ0) is 13.0. The number of aromatic amines is 1. The van der Waals surface area contributed by atoms with Gasteiger partial charge in [0.2, 0.25) is 0 Å². The van der Waals surface area contributed by atoms with Crippen LogP contribution in [0.2, 0.25) is 0 Å². The number of aromatic nitrogens is 3. The Hall–Kier alpha value is -2.22. The molecule has 8 heteroatoms. The quantitative estimate of drug-likeness (QED) is 0.788. The lowest BCUT2D eigenvalue weighted by molar-refractivity contribution is 0.0593. The third kappa shape index (κ3) is 2.92. The van der Waals surface area contributed by atoms with Crippen LogP contribution < -0.4 is 10.2 Å². The molecule has 0 aliphatic carbocycles. The van der Waals surface area contributed by atoms with E-state index in [0.29, 0.717) is 12.4 Å². The van der Waals surface area contributed by atoms with Crippen LogP contribution in [0.15, 0.2) is 22.6 Å². The zero-order valence-electron chi connectivity index (χ0n) is 9.47. The van der Waals surface area contributed by atoms with E-state index in [9.17, 15) is 9.59 Å². The van der Waals surface area contributed by atoms with Crippen LogP contribution in [0, 0.1) is 0 Å². The second-order valence-electron chi connectivity index (χ2n) is 3.31. The van der Waals surface area contributed by atoms with Crippen molar-refractivity contribution in [3.63, 3.8) is 0 Å². The van der Waals surface area contributed by atoms with E-state index in [1.54, 1.807) is 5.38 Å². The van der Waals surface area contributed by atoms with E-state index in [-0.39, 0.29) is 10.6 Å². The number of methoxy groups -OCH3 is 1. The summed E-state index contributed by atoms with van der Waals surface area (Å²) in [5.74, 6) is -0.0223. The van der Waals surface area contributed by atoms with Gasteiger partial charge in [-0.1, -0.05) is 11.3 Å². The van der Waals surface area contributed by atoms with Gasteiger partial charge in [-0.25, -0.2) is 14.8 Å². The first kappa shape index (κ1) is 12.2. The van der Waals surface area contributed by atoms with Crippen LogP contribution in [-0.4, -0.2) is 28.0 Å². The minimum absolute atomic E-state index is 0.0982. The highest BCUT2D eigenvalue weighted by molar-refractivity contribution is 7.07. The van der Waals surface area contributed by atoms with Crippen molar-refractivity contribution in [2.45, 2.75) is 6.54 Å². The van der Waals surface area contributed by atoms with Gasteiger partial charge in [0.1, 0.15) is 5.82 Å². The summed E-state index contributed by atoms with van der Waals surface area (Å²) in [4.78, 5) is 32.5. The SMILES string of the molecule is COC(=O)c1cnc(NCc2csc(=O)[nH]2)cn1. The summed E-state index contributed by atoms with van der Waals surface area (Å²) in [6.07, 6.45) is 2.75. The van der Waals surface area contributed by atoms with Crippen LogP contribution in [0.5, 0.6) is 0 Å². The molecule has 2 aromatic rings. The predicted molar refractivity (Wildman–Crippen MR) is 65.6 cm³/mol. The minimum Gasteiger partial charge on any atom is -0.464 e. The molecule has 0 unspecified atom stereocenters. The Labute approximate surface area is 106 Å². The first-order valence-electron chi connectivity index (χ1n) is 5.00. The fraction of sp³-hybridized carbons (Fsp3) is 0.200. The zero-order valence-corrected chi connectivity index (χ0v) is 10.3. The molecule has 0 aliphatic rings. The van der Waals surface area contributed by atoms with Crippen LogP contribution in [0.3, 0.4) is 0 Å². The van der Waals surface area contributed by atoms with E-state index in [2.05, 4.69) is 25.0 Å². The van der Waals surface area contributed by atoms with Crippen LogP contribution in [0.25, 0.3) is 0 Å². The van der Waals surface area contributed by atoms with Crippen LogP contribution >= 0.6 is 11.3 Å². The summed E-state index contributed by atoms with van der Waals surface area (Å²) < 4.78 is 4.51. The second-order valence-corrected chi connectivity index (χ2v) is 4.15. The van der Waals surface area contributed by atoms with Crippen molar-refractivity contribution in [1.82, 2.24) is 15.0 Å². The molecule has 2 heterocycles. The van der Waals surface area contributed by atoms with Gasteiger partial charge in [-0.2, -0.15) is 0 Å². The number of H-pyrrole nitrogens is 1. The number of ether oxygens (including phenoxy) is 1. The minimum atomic E-state index is -0.531. The highest BCUT2D eigenvalue weighted by atomic mass is 32.1. The molecule has 2 rings (SSSR count). The van der Waals surface area contributed by atoms with Crippen molar-refractivity contribution in [3.05, 3.63) is 38.8 Å². The first-order valence-corrected chi connectivity index (χ1v) is 5.88. The lowest BCUT2D eigenvalue weighted by Crippen LogP contribution is -2.08. The summed E-state index contributed by atoms with van der Waals surface area (Å²) in [6.45, 7) is 0.436. The maximum absolute atomic E-state index is 11.1. The van der Waals surface area contributed by atoms with Crippen molar-refractivity contribution in [2.75, 3.05) is 12.4 Å². The second kappa shape index (κ2) is 5.41. The Morgan fingerprint density at radius 1 is 1.50 bits per heavy atom. The number of carbonyl (C=O) groups excluding carboxylic acids is 1. The summed E-state index contributed by atoms with van der Waals surface area (Å²) >= 11 is 1.10. The molecule has 2 aromatic heterocycles. The maximum Gasteiger partial charge on any atom is 0.358 e. The Bertz CT molecular complexity index is 590. The molecule has 0 spiro atoms. The number of carbonyl (C=O) groups is 1. The molecule has 0 saturated carbocycles. The van der Waals surface area contributed by atoms with E-state index in [4.69, 9.17) is 0 Å². The Kier molecular flexibility index (Phi) is 3.68. The standard InChI is InChI=1S/C10H10N4O3S/c1-17-9(15)7-3-13-8(4-11-7)12-2-6-5-18-10(16)14-6/h3-5H,2H2,1H3,(H,12,13)(H,14,16). The van der Waals surface area contributed by atoms with Gasteiger partial charge in [0.05, 0.1) is 26.0 Å². The lowest BCUT2D eigenvalue weighted by atomic mass is 10.4. The van der Waals surface area contributed by atoms with Crippen molar-refractivity contribution in [1.29, 1.82) is 0 Å². The number of nitrogens with one attached hydrogen (secondary N) is 2. The molecule has 0 aliphatic heterocycles. The lowest BCUT2D eigenvalue weighted by Gasteiger charge is -2.03. The number of hydrogen-bond acceptors (Lipinski definition) is 7. The van der Waals surface area contributed by atoms with Gasteiger partial charge in [-0.3, -0.25) is 4.79 Å². The van der Waals surface area contributed by atoms with Gasteiger partial charge in [0.15, 0.2) is 5.69 Å². The molecule has 94 valence electrons. The van der Waals surface area contributed by atoms with Crippen molar-refractivity contribution in [3.8, 4) is 0 Å². The fourth-order valence-corrected chi connectivity index (χ4v) is 1.80. The molecule has 0 radical (unpaired) electrons. The molecule has 0 bridgehead atoms. The van der Waals surface area contributed by atoms with Gasteiger partial charge in [0.25, 0.3) is 0 Å². The van der Waals surface area contributed by atoms with Gasteiger partial charge in [-0.15, -0.1) is 0 Å².